The van der Waals surface area contributed by atoms with Crippen LogP contribution in [-0.2, 0) is 16.6 Å². The summed E-state index contributed by atoms with van der Waals surface area (Å²) in [6, 6.07) is 7.29. The molecule has 2 unspecified atom stereocenters. The first-order chi connectivity index (χ1) is 8.76. The summed E-state index contributed by atoms with van der Waals surface area (Å²) in [5.74, 6) is 0.732. The molecule has 1 rings (SSSR count). The predicted octanol–water partition coefficient (Wildman–Crippen LogP) is 2.34. The predicted molar refractivity (Wildman–Crippen MR) is 81.9 cm³/mol. The monoisotopic (exact) mass is 303 g/mol. The van der Waals surface area contributed by atoms with Gasteiger partial charge in [-0.05, 0) is 38.5 Å². The minimum absolute atomic E-state index is 0.0430. The molecule has 5 heteroatoms. The smallest absolute Gasteiger partial charge is 0.0779 e. The fourth-order valence-corrected chi connectivity index (χ4v) is 2.88. The normalized spacial score (nSPS) is 15.2. The van der Waals surface area contributed by atoms with Gasteiger partial charge in [-0.1, -0.05) is 23.7 Å². The van der Waals surface area contributed by atoms with Crippen LogP contribution in [0.1, 0.15) is 26.3 Å². The van der Waals surface area contributed by atoms with Crippen molar-refractivity contribution in [2.45, 2.75) is 38.2 Å². The zero-order chi connectivity index (χ0) is 14.5. The number of rotatable bonds is 6. The Labute approximate surface area is 122 Å². The number of benzene rings is 1. The number of nitrogens with one attached hydrogen (secondary N) is 1. The van der Waals surface area contributed by atoms with E-state index in [-0.39, 0.29) is 11.3 Å². The highest BCUT2D eigenvalue weighted by Gasteiger charge is 2.14. The molecule has 1 aromatic carbocycles. The molecular formula is C14H22ClNO2S. The Hall–Kier alpha value is -0.420. The van der Waals surface area contributed by atoms with Gasteiger partial charge in [-0.15, -0.1) is 0 Å². The quantitative estimate of drug-likeness (QED) is 0.848. The number of halogens is 1. The van der Waals surface area contributed by atoms with Crippen molar-refractivity contribution >= 4 is 22.4 Å². The van der Waals surface area contributed by atoms with Crippen molar-refractivity contribution in [3.8, 4) is 0 Å². The lowest BCUT2D eigenvalue weighted by atomic mass is 10.1. The first-order valence-corrected chi connectivity index (χ1v) is 8.15. The van der Waals surface area contributed by atoms with Crippen molar-refractivity contribution < 1.29 is 9.32 Å². The van der Waals surface area contributed by atoms with Crippen LogP contribution in [0.25, 0.3) is 0 Å². The van der Waals surface area contributed by atoms with Gasteiger partial charge in [0, 0.05) is 33.7 Å². The fraction of sp³-hybridized carbons (Fsp3) is 0.571. The number of aliphatic hydroxyl groups excluding tert-OH is 1. The topological polar surface area (TPSA) is 49.3 Å². The van der Waals surface area contributed by atoms with Crippen LogP contribution in [-0.4, -0.2) is 33.3 Å². The first kappa shape index (κ1) is 16.6. The molecular weight excluding hydrogens is 282 g/mol. The first-order valence-electron chi connectivity index (χ1n) is 6.29. The van der Waals surface area contributed by atoms with E-state index in [9.17, 15) is 9.32 Å². The average Bonchev–Trinajstić information content (AvgIpc) is 2.29. The maximum atomic E-state index is 11.9. The van der Waals surface area contributed by atoms with Crippen molar-refractivity contribution in [3.05, 3.63) is 34.9 Å². The third kappa shape index (κ3) is 7.67. The van der Waals surface area contributed by atoms with Gasteiger partial charge in [0.1, 0.15) is 0 Å². The van der Waals surface area contributed by atoms with Crippen LogP contribution in [0.5, 0.6) is 0 Å². The second-order valence-electron chi connectivity index (χ2n) is 5.66. The molecule has 0 aromatic heterocycles. The van der Waals surface area contributed by atoms with E-state index in [1.165, 1.54) is 0 Å². The van der Waals surface area contributed by atoms with Crippen LogP contribution in [0.2, 0.25) is 5.02 Å². The summed E-state index contributed by atoms with van der Waals surface area (Å²) >= 11 is 5.79. The minimum atomic E-state index is -1.07. The lowest BCUT2D eigenvalue weighted by Gasteiger charge is -2.22. The highest BCUT2D eigenvalue weighted by molar-refractivity contribution is 7.84. The van der Waals surface area contributed by atoms with Crippen molar-refractivity contribution in [3.63, 3.8) is 0 Å². The SMILES string of the molecule is CC(C)(C)NCC(O)CS(=O)Cc1ccc(Cl)cc1. The molecule has 3 nitrogen and oxygen atoms in total. The summed E-state index contributed by atoms with van der Waals surface area (Å²) in [6.45, 7) is 6.55. The van der Waals surface area contributed by atoms with Crippen LogP contribution in [0.15, 0.2) is 24.3 Å². The van der Waals surface area contributed by atoms with Crippen molar-refractivity contribution in [2.24, 2.45) is 0 Å². The Morgan fingerprint density at radius 3 is 2.42 bits per heavy atom. The van der Waals surface area contributed by atoms with Crippen LogP contribution >= 0.6 is 11.6 Å². The molecule has 2 N–H and O–H groups in total. The number of hydrogen-bond acceptors (Lipinski definition) is 3. The molecule has 19 heavy (non-hydrogen) atoms. The van der Waals surface area contributed by atoms with Gasteiger partial charge in [-0.3, -0.25) is 4.21 Å². The van der Waals surface area contributed by atoms with E-state index >= 15 is 0 Å². The maximum Gasteiger partial charge on any atom is 0.0779 e. The lowest BCUT2D eigenvalue weighted by molar-refractivity contribution is 0.182. The van der Waals surface area contributed by atoms with E-state index in [0.717, 1.165) is 5.56 Å². The highest BCUT2D eigenvalue weighted by Crippen LogP contribution is 2.11. The molecule has 0 spiro atoms. The molecule has 1 aromatic rings. The Balaban J connectivity index is 2.36. The molecule has 0 aliphatic rings. The summed E-state index contributed by atoms with van der Waals surface area (Å²) in [7, 11) is -1.07. The Morgan fingerprint density at radius 2 is 1.89 bits per heavy atom. The summed E-state index contributed by atoms with van der Waals surface area (Å²) in [6.07, 6.45) is -0.590. The second-order valence-corrected chi connectivity index (χ2v) is 7.60. The minimum Gasteiger partial charge on any atom is -0.391 e. The average molecular weight is 304 g/mol. The molecule has 0 aliphatic heterocycles. The summed E-state index contributed by atoms with van der Waals surface area (Å²) in [5.41, 5.74) is 0.928. The fourth-order valence-electron chi connectivity index (χ4n) is 1.52. The highest BCUT2D eigenvalue weighted by atomic mass is 35.5. The maximum absolute atomic E-state index is 11.9. The van der Waals surface area contributed by atoms with E-state index < -0.39 is 16.9 Å². The van der Waals surface area contributed by atoms with E-state index in [0.29, 0.717) is 17.3 Å². The number of aliphatic hydroxyl groups is 1. The number of hydrogen-bond donors (Lipinski definition) is 2. The second kappa shape index (κ2) is 7.39. The van der Waals surface area contributed by atoms with Gasteiger partial charge in [0.15, 0.2) is 0 Å². The third-order valence-electron chi connectivity index (χ3n) is 2.49. The van der Waals surface area contributed by atoms with Gasteiger partial charge >= 0.3 is 0 Å². The molecule has 0 radical (unpaired) electrons. The molecule has 0 amide bonds. The molecule has 0 heterocycles. The zero-order valence-corrected chi connectivity index (χ0v) is 13.2. The summed E-state index contributed by atoms with van der Waals surface area (Å²) in [4.78, 5) is 0. The van der Waals surface area contributed by atoms with Crippen LogP contribution in [0.4, 0.5) is 0 Å². The van der Waals surface area contributed by atoms with Gasteiger partial charge in [0.2, 0.25) is 0 Å². The molecule has 0 saturated carbocycles. The molecule has 0 bridgehead atoms. The van der Waals surface area contributed by atoms with E-state index in [1.807, 2.05) is 32.9 Å². The number of β-amino-alcohol motifs (C(OH)–C–C–N with tert-alkyl or cyclic N) is 1. The van der Waals surface area contributed by atoms with E-state index in [4.69, 9.17) is 11.6 Å². The lowest BCUT2D eigenvalue weighted by Crippen LogP contribution is -2.42. The van der Waals surface area contributed by atoms with Gasteiger partial charge < -0.3 is 10.4 Å². The molecule has 2 atom stereocenters. The third-order valence-corrected chi connectivity index (χ3v) is 4.15. The van der Waals surface area contributed by atoms with Gasteiger partial charge in [-0.25, -0.2) is 0 Å². The van der Waals surface area contributed by atoms with Crippen molar-refractivity contribution in [2.75, 3.05) is 12.3 Å². The summed E-state index contributed by atoms with van der Waals surface area (Å²) in [5, 5.41) is 13.7. The largest absolute Gasteiger partial charge is 0.391 e. The Kier molecular flexibility index (Phi) is 6.47. The zero-order valence-electron chi connectivity index (χ0n) is 11.6. The van der Waals surface area contributed by atoms with Gasteiger partial charge in [0.25, 0.3) is 0 Å². The molecule has 0 saturated heterocycles. The molecule has 0 aliphatic carbocycles. The van der Waals surface area contributed by atoms with Crippen LogP contribution < -0.4 is 5.32 Å². The molecule has 108 valence electrons. The van der Waals surface area contributed by atoms with E-state index in [1.54, 1.807) is 12.1 Å². The van der Waals surface area contributed by atoms with Crippen LogP contribution in [0.3, 0.4) is 0 Å². The Morgan fingerprint density at radius 1 is 1.32 bits per heavy atom. The van der Waals surface area contributed by atoms with Crippen molar-refractivity contribution in [1.29, 1.82) is 0 Å². The van der Waals surface area contributed by atoms with Gasteiger partial charge in [0.05, 0.1) is 11.9 Å². The van der Waals surface area contributed by atoms with Crippen molar-refractivity contribution in [1.82, 2.24) is 5.32 Å². The molecule has 0 fully saturated rings. The summed E-state index contributed by atoms with van der Waals surface area (Å²) < 4.78 is 11.9. The van der Waals surface area contributed by atoms with E-state index in [2.05, 4.69) is 5.32 Å². The standard InChI is InChI=1S/C14H22ClNO2S/c1-14(2,3)16-8-13(17)10-19(18)9-11-4-6-12(15)7-5-11/h4-7,13,16-17H,8-10H2,1-3H3. The Bertz CT molecular complexity index is 414. The van der Waals surface area contributed by atoms with Crippen LogP contribution in [0, 0.1) is 0 Å². The van der Waals surface area contributed by atoms with Gasteiger partial charge in [-0.2, -0.15) is 0 Å².